The molecule has 0 fully saturated rings. The number of amides is 1. The molecule has 0 saturated heterocycles. The summed E-state index contributed by atoms with van der Waals surface area (Å²) >= 11 is 5.84. The van der Waals surface area contributed by atoms with Crippen molar-refractivity contribution in [1.29, 1.82) is 0 Å². The smallest absolute Gasteiger partial charge is 0.224 e. The molecule has 0 radical (unpaired) electrons. The van der Waals surface area contributed by atoms with Gasteiger partial charge in [-0.1, -0.05) is 48.9 Å². The van der Waals surface area contributed by atoms with Crippen LogP contribution >= 0.6 is 11.6 Å². The topological polar surface area (TPSA) is 67.3 Å². The predicted octanol–water partition coefficient (Wildman–Crippen LogP) is 4.69. The van der Waals surface area contributed by atoms with E-state index in [2.05, 4.69) is 11.9 Å². The molecule has 7 heteroatoms. The SMILES string of the molecule is CCc1ccc(CN(Cc2cccnc2)C(=O)CCS(=O)(=O)c2ccc(Cl)cc2)cc1. The summed E-state index contributed by atoms with van der Waals surface area (Å²) in [6.45, 7) is 2.86. The van der Waals surface area contributed by atoms with Gasteiger partial charge in [-0.3, -0.25) is 9.78 Å². The van der Waals surface area contributed by atoms with Crippen LogP contribution < -0.4 is 0 Å². The molecular weight excluding hydrogens is 432 g/mol. The first-order chi connectivity index (χ1) is 14.9. The zero-order chi connectivity index (χ0) is 22.3. The summed E-state index contributed by atoms with van der Waals surface area (Å²) in [4.78, 5) is 19.0. The third-order valence-corrected chi connectivity index (χ3v) is 6.99. The summed E-state index contributed by atoms with van der Waals surface area (Å²) in [5.74, 6) is -0.479. The molecule has 0 unspecified atom stereocenters. The van der Waals surface area contributed by atoms with Crippen molar-refractivity contribution < 1.29 is 13.2 Å². The maximum Gasteiger partial charge on any atom is 0.224 e. The molecule has 0 aliphatic carbocycles. The van der Waals surface area contributed by atoms with Gasteiger partial charge in [0, 0.05) is 36.9 Å². The maximum absolute atomic E-state index is 13.0. The number of halogens is 1. The first-order valence-electron chi connectivity index (χ1n) is 10.1. The number of carbonyl (C=O) groups is 1. The second-order valence-electron chi connectivity index (χ2n) is 7.30. The van der Waals surface area contributed by atoms with Crippen LogP contribution in [0.2, 0.25) is 5.02 Å². The zero-order valence-corrected chi connectivity index (χ0v) is 18.9. The molecular formula is C24H25ClN2O3S. The van der Waals surface area contributed by atoms with Gasteiger partial charge in [-0.25, -0.2) is 8.42 Å². The molecule has 0 aliphatic rings. The van der Waals surface area contributed by atoms with Crippen LogP contribution in [0.1, 0.15) is 30.0 Å². The lowest BCUT2D eigenvalue weighted by molar-refractivity contribution is -0.132. The molecule has 5 nitrogen and oxygen atoms in total. The number of pyridine rings is 1. The molecule has 0 spiro atoms. The Bertz CT molecular complexity index is 1100. The lowest BCUT2D eigenvalue weighted by Crippen LogP contribution is -2.31. The molecule has 162 valence electrons. The van der Waals surface area contributed by atoms with Crippen LogP contribution in [0.5, 0.6) is 0 Å². The Morgan fingerprint density at radius 3 is 2.19 bits per heavy atom. The van der Waals surface area contributed by atoms with Crippen molar-refractivity contribution in [3.05, 3.63) is 94.8 Å². The summed E-state index contributed by atoms with van der Waals surface area (Å²) in [5.41, 5.74) is 3.11. The number of benzene rings is 2. The van der Waals surface area contributed by atoms with E-state index in [-0.39, 0.29) is 23.0 Å². The second kappa shape index (κ2) is 10.6. The van der Waals surface area contributed by atoms with Crippen LogP contribution in [0.3, 0.4) is 0 Å². The molecule has 0 bridgehead atoms. The highest BCUT2D eigenvalue weighted by Gasteiger charge is 2.20. The number of nitrogens with zero attached hydrogens (tertiary/aromatic N) is 2. The Morgan fingerprint density at radius 1 is 0.935 bits per heavy atom. The van der Waals surface area contributed by atoms with Gasteiger partial charge in [0.2, 0.25) is 5.91 Å². The average Bonchev–Trinajstić information content (AvgIpc) is 2.78. The van der Waals surface area contributed by atoms with Crippen LogP contribution in [0, 0.1) is 0 Å². The highest BCUT2D eigenvalue weighted by molar-refractivity contribution is 7.91. The molecule has 1 amide bonds. The number of aromatic nitrogens is 1. The molecule has 2 aromatic carbocycles. The molecule has 0 N–H and O–H groups in total. The Balaban J connectivity index is 1.73. The highest BCUT2D eigenvalue weighted by Crippen LogP contribution is 2.18. The van der Waals surface area contributed by atoms with E-state index in [1.165, 1.54) is 29.8 Å². The fourth-order valence-corrected chi connectivity index (χ4v) is 4.54. The van der Waals surface area contributed by atoms with E-state index in [0.717, 1.165) is 17.5 Å². The molecule has 1 heterocycles. The van der Waals surface area contributed by atoms with Gasteiger partial charge in [0.05, 0.1) is 10.6 Å². The van der Waals surface area contributed by atoms with Crippen LogP contribution in [-0.4, -0.2) is 30.0 Å². The minimum Gasteiger partial charge on any atom is -0.334 e. The Kier molecular flexibility index (Phi) is 7.82. The molecule has 31 heavy (non-hydrogen) atoms. The molecule has 0 saturated carbocycles. The molecule has 1 aromatic heterocycles. The van der Waals surface area contributed by atoms with E-state index >= 15 is 0 Å². The molecule has 0 atom stereocenters. The summed E-state index contributed by atoms with van der Waals surface area (Å²) < 4.78 is 25.3. The van der Waals surface area contributed by atoms with Gasteiger partial charge in [0.25, 0.3) is 0 Å². The largest absolute Gasteiger partial charge is 0.334 e. The lowest BCUT2D eigenvalue weighted by atomic mass is 10.1. The van der Waals surface area contributed by atoms with Gasteiger partial charge in [-0.15, -0.1) is 0 Å². The Hall–Kier alpha value is -2.70. The van der Waals surface area contributed by atoms with Crippen molar-refractivity contribution in [2.75, 3.05) is 5.75 Å². The summed E-state index contributed by atoms with van der Waals surface area (Å²) in [6, 6.07) is 17.8. The minimum absolute atomic E-state index is 0.0989. The second-order valence-corrected chi connectivity index (χ2v) is 9.85. The van der Waals surface area contributed by atoms with Gasteiger partial charge < -0.3 is 4.90 Å². The standard InChI is InChI=1S/C24H25ClN2O3S/c1-2-19-5-7-20(8-6-19)17-27(18-21-4-3-14-26-16-21)24(28)13-15-31(29,30)23-11-9-22(25)10-12-23/h3-12,14,16H,2,13,15,17-18H2,1H3. The molecule has 3 rings (SSSR count). The number of sulfone groups is 1. The Morgan fingerprint density at radius 2 is 1.58 bits per heavy atom. The highest BCUT2D eigenvalue weighted by atomic mass is 35.5. The predicted molar refractivity (Wildman–Crippen MR) is 122 cm³/mol. The number of carbonyl (C=O) groups excluding carboxylic acids is 1. The maximum atomic E-state index is 13.0. The summed E-state index contributed by atoms with van der Waals surface area (Å²) in [6.07, 6.45) is 4.24. The van der Waals surface area contributed by atoms with E-state index in [1.807, 2.05) is 36.4 Å². The van der Waals surface area contributed by atoms with E-state index < -0.39 is 9.84 Å². The summed E-state index contributed by atoms with van der Waals surface area (Å²) in [7, 11) is -3.58. The van der Waals surface area contributed by atoms with E-state index in [1.54, 1.807) is 17.3 Å². The first-order valence-corrected chi connectivity index (χ1v) is 12.1. The van der Waals surface area contributed by atoms with Gasteiger partial charge in [0.15, 0.2) is 9.84 Å². The van der Waals surface area contributed by atoms with Gasteiger partial charge in [-0.2, -0.15) is 0 Å². The van der Waals surface area contributed by atoms with Gasteiger partial charge in [0.1, 0.15) is 0 Å². The van der Waals surface area contributed by atoms with Gasteiger partial charge in [-0.05, 0) is 53.4 Å². The minimum atomic E-state index is -3.58. The molecule has 0 aliphatic heterocycles. The van der Waals surface area contributed by atoms with Crippen molar-refractivity contribution in [2.24, 2.45) is 0 Å². The van der Waals surface area contributed by atoms with Crippen molar-refractivity contribution in [3.8, 4) is 0 Å². The average molecular weight is 457 g/mol. The summed E-state index contributed by atoms with van der Waals surface area (Å²) in [5, 5.41) is 0.465. The van der Waals surface area contributed by atoms with Crippen molar-refractivity contribution in [1.82, 2.24) is 9.88 Å². The monoisotopic (exact) mass is 456 g/mol. The zero-order valence-electron chi connectivity index (χ0n) is 17.4. The van der Waals surface area contributed by atoms with E-state index in [0.29, 0.717) is 18.1 Å². The normalized spacial score (nSPS) is 11.3. The number of rotatable bonds is 9. The van der Waals surface area contributed by atoms with E-state index in [4.69, 9.17) is 11.6 Å². The van der Waals surface area contributed by atoms with Crippen molar-refractivity contribution in [2.45, 2.75) is 37.8 Å². The third-order valence-electron chi connectivity index (χ3n) is 5.01. The van der Waals surface area contributed by atoms with Crippen molar-refractivity contribution in [3.63, 3.8) is 0 Å². The van der Waals surface area contributed by atoms with Crippen LogP contribution in [-0.2, 0) is 34.1 Å². The quantitative estimate of drug-likeness (QED) is 0.468. The van der Waals surface area contributed by atoms with Gasteiger partial charge >= 0.3 is 0 Å². The lowest BCUT2D eigenvalue weighted by Gasteiger charge is -2.23. The number of hydrogen-bond donors (Lipinski definition) is 0. The Labute approximate surface area is 188 Å². The third kappa shape index (κ3) is 6.64. The van der Waals surface area contributed by atoms with Crippen LogP contribution in [0.25, 0.3) is 0 Å². The van der Waals surface area contributed by atoms with Crippen molar-refractivity contribution >= 4 is 27.3 Å². The first kappa shape index (κ1) is 23.0. The van der Waals surface area contributed by atoms with E-state index in [9.17, 15) is 13.2 Å². The fraction of sp³-hybridized carbons (Fsp3) is 0.250. The fourth-order valence-electron chi connectivity index (χ4n) is 3.18. The van der Waals surface area contributed by atoms with Crippen LogP contribution in [0.4, 0.5) is 0 Å². The number of hydrogen-bond acceptors (Lipinski definition) is 4. The van der Waals surface area contributed by atoms with Crippen LogP contribution in [0.15, 0.2) is 78.0 Å². The molecule has 3 aromatic rings. The number of aryl methyl sites for hydroxylation is 1.